The highest BCUT2D eigenvalue weighted by atomic mass is 16.5. The van der Waals surface area contributed by atoms with Crippen molar-refractivity contribution in [2.24, 2.45) is 39.6 Å². The lowest BCUT2D eigenvalue weighted by Gasteiger charge is -2.58. The van der Waals surface area contributed by atoms with Crippen LogP contribution in [0, 0.1) is 34.5 Å². The van der Waals surface area contributed by atoms with Crippen LogP contribution in [-0.4, -0.2) is 68.6 Å². The summed E-state index contributed by atoms with van der Waals surface area (Å²) >= 11 is 0. The fraction of sp³-hybridized carbons (Fsp3) is 0.679. The summed E-state index contributed by atoms with van der Waals surface area (Å²) in [5.74, 6) is 3.23. The van der Waals surface area contributed by atoms with E-state index in [2.05, 4.69) is 22.8 Å². The number of benzene rings is 1. The van der Waals surface area contributed by atoms with Crippen LogP contribution in [0.2, 0.25) is 0 Å². The molecule has 9 nitrogen and oxygen atoms in total. The molecule has 0 radical (unpaired) electrons. The van der Waals surface area contributed by atoms with Crippen LogP contribution >= 0.6 is 0 Å². The first-order valence-electron chi connectivity index (χ1n) is 13.5. The van der Waals surface area contributed by atoms with E-state index in [1.165, 1.54) is 0 Å². The van der Waals surface area contributed by atoms with Crippen LogP contribution in [0.5, 0.6) is 11.5 Å². The molecular weight excluding hydrogens is 468 g/mol. The third-order valence-electron chi connectivity index (χ3n) is 9.71. The minimum atomic E-state index is -0.638. The van der Waals surface area contributed by atoms with Gasteiger partial charge in [-0.3, -0.25) is 14.7 Å². The van der Waals surface area contributed by atoms with Gasteiger partial charge in [0.2, 0.25) is 5.91 Å². The molecule has 6 rings (SSSR count). The van der Waals surface area contributed by atoms with Crippen LogP contribution in [0.1, 0.15) is 45.4 Å². The third kappa shape index (κ3) is 4.39. The molecule has 3 unspecified atom stereocenters. The fourth-order valence-corrected chi connectivity index (χ4v) is 7.82. The quantitative estimate of drug-likeness (QED) is 0.408. The van der Waals surface area contributed by atoms with Gasteiger partial charge in [-0.05, 0) is 68.9 Å². The fourth-order valence-electron chi connectivity index (χ4n) is 7.82. The molecule has 4 aliphatic carbocycles. The van der Waals surface area contributed by atoms with Gasteiger partial charge in [0.05, 0.1) is 44.0 Å². The van der Waals surface area contributed by atoms with E-state index in [9.17, 15) is 10.1 Å². The first kappa shape index (κ1) is 25.7. The topological polar surface area (TPSA) is 130 Å². The van der Waals surface area contributed by atoms with Crippen LogP contribution in [0.4, 0.5) is 5.69 Å². The molecule has 1 aromatic rings. The lowest BCUT2D eigenvalue weighted by Crippen LogP contribution is -2.62. The van der Waals surface area contributed by atoms with Crippen LogP contribution < -0.4 is 25.8 Å². The molecule has 4 bridgehead atoms. The van der Waals surface area contributed by atoms with Gasteiger partial charge in [-0.15, -0.1) is 0 Å². The second-order valence-corrected chi connectivity index (χ2v) is 11.7. The maximum atomic E-state index is 12.3. The largest absolute Gasteiger partial charge is 0.497 e. The van der Waals surface area contributed by atoms with E-state index in [0.717, 1.165) is 75.5 Å². The summed E-state index contributed by atoms with van der Waals surface area (Å²) in [5.41, 5.74) is 12.7. The number of carbonyl (C=O) groups excluding carboxylic acids is 1. The molecule has 1 saturated heterocycles. The molecule has 1 aromatic carbocycles. The van der Waals surface area contributed by atoms with Gasteiger partial charge in [0.1, 0.15) is 17.3 Å². The van der Waals surface area contributed by atoms with Crippen LogP contribution in [0.25, 0.3) is 0 Å². The highest BCUT2D eigenvalue weighted by molar-refractivity contribution is 5.90. The number of hydrogen-bond donors (Lipinski definition) is 2. The summed E-state index contributed by atoms with van der Waals surface area (Å²) < 4.78 is 11.0. The lowest BCUT2D eigenvalue weighted by molar-refractivity contribution is -0.144. The summed E-state index contributed by atoms with van der Waals surface area (Å²) in [6, 6.07) is 8.37. The maximum Gasteiger partial charge on any atom is 0.223 e. The van der Waals surface area contributed by atoms with Crippen molar-refractivity contribution in [3.8, 4) is 17.6 Å². The zero-order chi connectivity index (χ0) is 26.4. The lowest BCUT2D eigenvalue weighted by atomic mass is 9.48. The van der Waals surface area contributed by atoms with Crippen molar-refractivity contribution in [3.63, 3.8) is 0 Å². The molecule has 1 aliphatic heterocycles. The Balaban J connectivity index is 1.32. The van der Waals surface area contributed by atoms with Gasteiger partial charge in [0.15, 0.2) is 0 Å². The van der Waals surface area contributed by atoms with Gasteiger partial charge >= 0.3 is 0 Å². The number of methoxy groups -OCH3 is 2. The summed E-state index contributed by atoms with van der Waals surface area (Å²) in [5, 5.41) is 9.75. The van der Waals surface area contributed by atoms with E-state index in [-0.39, 0.29) is 23.8 Å². The maximum absolute atomic E-state index is 12.3. The number of piperazine rings is 1. The summed E-state index contributed by atoms with van der Waals surface area (Å²) in [4.78, 5) is 22.1. The number of nitrogens with zero attached hydrogens (tertiary/aromatic N) is 4. The van der Waals surface area contributed by atoms with Crippen LogP contribution in [-0.2, 0) is 4.79 Å². The van der Waals surface area contributed by atoms with Gasteiger partial charge in [-0.2, -0.15) is 5.26 Å². The molecule has 0 spiro atoms. The molecular formula is C28H40N6O3. The second-order valence-electron chi connectivity index (χ2n) is 11.7. The smallest absolute Gasteiger partial charge is 0.223 e. The SMILES string of the molecule is COc1ccc(N2CCN(C(C)(CC#N)C(N)=NC3C4CC5CC3CC(C(N)=O)(C5)C4)CC2)c(OC)c1. The van der Waals surface area contributed by atoms with Crippen molar-refractivity contribution >= 4 is 17.4 Å². The van der Waals surface area contributed by atoms with Crippen molar-refractivity contribution in [3.05, 3.63) is 18.2 Å². The number of amidine groups is 1. The number of anilines is 1. The molecule has 5 aliphatic rings. The molecule has 4 saturated carbocycles. The third-order valence-corrected chi connectivity index (χ3v) is 9.71. The van der Waals surface area contributed by atoms with Crippen LogP contribution in [0.15, 0.2) is 23.2 Å². The molecule has 3 atom stereocenters. The average Bonchev–Trinajstić information content (AvgIpc) is 2.90. The number of nitrogens with two attached hydrogens (primary N) is 2. The van der Waals surface area contributed by atoms with Crippen molar-refractivity contribution in [1.29, 1.82) is 5.26 Å². The predicted molar refractivity (Wildman–Crippen MR) is 143 cm³/mol. The molecule has 4 N–H and O–H groups in total. The molecule has 1 amide bonds. The van der Waals surface area contributed by atoms with Gasteiger partial charge in [0, 0.05) is 37.7 Å². The number of hydrogen-bond acceptors (Lipinski definition) is 7. The van der Waals surface area contributed by atoms with E-state index < -0.39 is 5.54 Å². The Morgan fingerprint density at radius 2 is 1.81 bits per heavy atom. The summed E-state index contributed by atoms with van der Waals surface area (Å²) in [6.45, 7) is 5.14. The molecule has 37 heavy (non-hydrogen) atoms. The summed E-state index contributed by atoms with van der Waals surface area (Å²) in [7, 11) is 3.32. The molecule has 200 valence electrons. The Bertz CT molecular complexity index is 1090. The highest BCUT2D eigenvalue weighted by Gasteiger charge is 2.58. The monoisotopic (exact) mass is 508 g/mol. The minimum absolute atomic E-state index is 0.117. The Hall–Kier alpha value is -2.99. The summed E-state index contributed by atoms with van der Waals surface area (Å²) in [6.07, 6.45) is 5.08. The Labute approximate surface area is 219 Å². The number of rotatable bonds is 8. The van der Waals surface area contributed by atoms with Gasteiger partial charge in [0.25, 0.3) is 0 Å². The molecule has 1 heterocycles. The van der Waals surface area contributed by atoms with Crippen molar-refractivity contribution in [2.75, 3.05) is 45.3 Å². The van der Waals surface area contributed by atoms with Crippen molar-refractivity contribution in [1.82, 2.24) is 4.90 Å². The second kappa shape index (κ2) is 9.71. The predicted octanol–water partition coefficient (Wildman–Crippen LogP) is 2.54. The van der Waals surface area contributed by atoms with E-state index in [1.807, 2.05) is 18.2 Å². The Morgan fingerprint density at radius 1 is 1.14 bits per heavy atom. The Morgan fingerprint density at radius 3 is 2.38 bits per heavy atom. The van der Waals surface area contributed by atoms with E-state index in [1.54, 1.807) is 14.2 Å². The molecule has 0 aromatic heterocycles. The van der Waals surface area contributed by atoms with Gasteiger partial charge in [-0.25, -0.2) is 0 Å². The zero-order valence-corrected chi connectivity index (χ0v) is 22.3. The number of ether oxygens (including phenoxy) is 2. The minimum Gasteiger partial charge on any atom is -0.497 e. The van der Waals surface area contributed by atoms with E-state index in [0.29, 0.717) is 23.6 Å². The number of aliphatic imine (C=N–C) groups is 1. The van der Waals surface area contributed by atoms with E-state index in [4.69, 9.17) is 25.9 Å². The Kier molecular flexibility index (Phi) is 6.73. The number of amides is 1. The van der Waals surface area contributed by atoms with Crippen LogP contribution in [0.3, 0.4) is 0 Å². The normalized spacial score (nSPS) is 33.0. The zero-order valence-electron chi connectivity index (χ0n) is 22.3. The van der Waals surface area contributed by atoms with Crippen molar-refractivity contribution in [2.45, 2.75) is 57.0 Å². The number of carbonyl (C=O) groups is 1. The van der Waals surface area contributed by atoms with E-state index >= 15 is 0 Å². The van der Waals surface area contributed by atoms with Gasteiger partial charge < -0.3 is 25.8 Å². The molecule has 5 fully saturated rings. The first-order valence-corrected chi connectivity index (χ1v) is 13.5. The highest BCUT2D eigenvalue weighted by Crippen LogP contribution is 2.60. The first-order chi connectivity index (χ1) is 17.7. The van der Waals surface area contributed by atoms with Gasteiger partial charge in [-0.1, -0.05) is 0 Å². The molecule has 9 heteroatoms. The average molecular weight is 509 g/mol. The van der Waals surface area contributed by atoms with Crippen molar-refractivity contribution < 1.29 is 14.3 Å². The number of primary amides is 1. The number of nitriles is 1. The standard InChI is InChI=1S/C28H40N6O3/c1-27(6-7-29,34-10-8-33(9-11-34)22-5-4-21(36-2)14-23(22)37-3)25(30)32-24-19-12-18-13-20(24)17-28(15-18,16-19)26(31)35/h4-5,14,18-20,24H,6,8-13,15-17H2,1-3H3,(H2,30,32)(H2,31,35).